The van der Waals surface area contributed by atoms with E-state index in [0.29, 0.717) is 26.1 Å². The molecule has 4 nitrogen and oxygen atoms in total. The molecule has 0 aliphatic rings. The smallest absolute Gasteiger partial charge is 0.306 e. The van der Waals surface area contributed by atoms with Crippen LogP contribution in [0, 0.1) is 0 Å². The van der Waals surface area contributed by atoms with Crippen molar-refractivity contribution in [3.63, 3.8) is 0 Å². The van der Waals surface area contributed by atoms with Gasteiger partial charge in [0.25, 0.3) is 0 Å². The number of aryl methyl sites for hydroxylation is 1. The lowest BCUT2D eigenvalue weighted by atomic mass is 9.99. The van der Waals surface area contributed by atoms with Gasteiger partial charge in [-0.05, 0) is 41.7 Å². The topological polar surface area (TPSA) is 61.5 Å². The SMILES string of the molecule is COCCOC(=O)CCc1ccc(-c2cccc([C@@H](C)N)c2)cc1. The van der Waals surface area contributed by atoms with Crippen LogP contribution in [0.5, 0.6) is 0 Å². The predicted molar refractivity (Wildman–Crippen MR) is 95.6 cm³/mol. The Balaban J connectivity index is 1.93. The van der Waals surface area contributed by atoms with E-state index in [9.17, 15) is 4.79 Å². The van der Waals surface area contributed by atoms with Gasteiger partial charge in [0, 0.05) is 19.6 Å². The fraction of sp³-hybridized carbons (Fsp3) is 0.350. The van der Waals surface area contributed by atoms with Crippen molar-refractivity contribution in [2.24, 2.45) is 5.73 Å². The summed E-state index contributed by atoms with van der Waals surface area (Å²) in [7, 11) is 1.58. The molecule has 0 heterocycles. The van der Waals surface area contributed by atoms with Crippen LogP contribution in [0.15, 0.2) is 48.5 Å². The van der Waals surface area contributed by atoms with Crippen LogP contribution < -0.4 is 5.73 Å². The predicted octanol–water partition coefficient (Wildman–Crippen LogP) is 3.50. The fourth-order valence-corrected chi connectivity index (χ4v) is 2.42. The van der Waals surface area contributed by atoms with E-state index in [2.05, 4.69) is 36.4 Å². The highest BCUT2D eigenvalue weighted by Crippen LogP contribution is 2.23. The van der Waals surface area contributed by atoms with Crippen molar-refractivity contribution in [3.05, 3.63) is 59.7 Å². The number of hydrogen-bond acceptors (Lipinski definition) is 4. The van der Waals surface area contributed by atoms with Crippen molar-refractivity contribution in [3.8, 4) is 11.1 Å². The summed E-state index contributed by atoms with van der Waals surface area (Å²) in [5.41, 5.74) is 10.5. The molecular formula is C20H25NO3. The summed E-state index contributed by atoms with van der Waals surface area (Å²) in [5.74, 6) is -0.194. The summed E-state index contributed by atoms with van der Waals surface area (Å²) in [6, 6.07) is 16.5. The molecule has 2 rings (SSSR count). The largest absolute Gasteiger partial charge is 0.463 e. The van der Waals surface area contributed by atoms with Crippen LogP contribution in [0.25, 0.3) is 11.1 Å². The zero-order valence-electron chi connectivity index (χ0n) is 14.3. The van der Waals surface area contributed by atoms with Crippen LogP contribution in [0.4, 0.5) is 0 Å². The lowest BCUT2D eigenvalue weighted by molar-refractivity contribution is -0.144. The first-order chi connectivity index (χ1) is 11.6. The zero-order chi connectivity index (χ0) is 17.4. The van der Waals surface area contributed by atoms with E-state index >= 15 is 0 Å². The molecule has 2 aromatic carbocycles. The Labute approximate surface area is 143 Å². The molecule has 0 amide bonds. The lowest BCUT2D eigenvalue weighted by Crippen LogP contribution is -2.10. The Bertz CT molecular complexity index is 650. The molecule has 0 saturated carbocycles. The average Bonchev–Trinajstić information content (AvgIpc) is 2.61. The second-order valence-electron chi connectivity index (χ2n) is 5.82. The molecule has 0 spiro atoms. The first-order valence-electron chi connectivity index (χ1n) is 8.19. The van der Waals surface area contributed by atoms with Gasteiger partial charge in [-0.1, -0.05) is 42.5 Å². The highest BCUT2D eigenvalue weighted by Gasteiger charge is 2.05. The molecule has 0 fully saturated rings. The van der Waals surface area contributed by atoms with Crippen molar-refractivity contribution in [1.29, 1.82) is 0 Å². The maximum absolute atomic E-state index is 11.6. The maximum atomic E-state index is 11.6. The van der Waals surface area contributed by atoms with Crippen molar-refractivity contribution in [2.75, 3.05) is 20.3 Å². The summed E-state index contributed by atoms with van der Waals surface area (Å²) in [4.78, 5) is 11.6. The second kappa shape index (κ2) is 9.21. The van der Waals surface area contributed by atoms with Gasteiger partial charge in [-0.2, -0.15) is 0 Å². The van der Waals surface area contributed by atoms with Gasteiger partial charge in [0.1, 0.15) is 6.61 Å². The Morgan fingerprint density at radius 1 is 1.08 bits per heavy atom. The normalized spacial score (nSPS) is 12.0. The van der Waals surface area contributed by atoms with E-state index in [1.165, 1.54) is 0 Å². The molecule has 2 N–H and O–H groups in total. The van der Waals surface area contributed by atoms with Gasteiger partial charge in [-0.25, -0.2) is 0 Å². The lowest BCUT2D eigenvalue weighted by Gasteiger charge is -2.09. The van der Waals surface area contributed by atoms with Crippen molar-refractivity contribution >= 4 is 5.97 Å². The molecule has 2 aromatic rings. The minimum absolute atomic E-state index is 0.0216. The average molecular weight is 327 g/mol. The molecule has 0 aromatic heterocycles. The highest BCUT2D eigenvalue weighted by atomic mass is 16.6. The Kier molecular flexibility index (Phi) is 6.97. The molecule has 0 bridgehead atoms. The van der Waals surface area contributed by atoms with Gasteiger partial charge in [0.15, 0.2) is 0 Å². The number of nitrogens with two attached hydrogens (primary N) is 1. The number of methoxy groups -OCH3 is 1. The molecular weight excluding hydrogens is 302 g/mol. The van der Waals surface area contributed by atoms with Crippen LogP contribution in [0.3, 0.4) is 0 Å². The van der Waals surface area contributed by atoms with Gasteiger partial charge < -0.3 is 15.2 Å². The molecule has 24 heavy (non-hydrogen) atoms. The molecule has 0 radical (unpaired) electrons. The maximum Gasteiger partial charge on any atom is 0.306 e. The third-order valence-electron chi connectivity index (χ3n) is 3.87. The van der Waals surface area contributed by atoms with E-state index in [4.69, 9.17) is 15.2 Å². The molecule has 0 aliphatic heterocycles. The molecule has 4 heteroatoms. The minimum Gasteiger partial charge on any atom is -0.463 e. The van der Waals surface area contributed by atoms with Crippen LogP contribution in [-0.2, 0) is 20.7 Å². The zero-order valence-corrected chi connectivity index (χ0v) is 14.3. The summed E-state index contributed by atoms with van der Waals surface area (Å²) in [6.45, 7) is 2.72. The molecule has 1 atom stereocenters. The van der Waals surface area contributed by atoms with Crippen LogP contribution >= 0.6 is 0 Å². The van der Waals surface area contributed by atoms with Gasteiger partial charge in [-0.15, -0.1) is 0 Å². The van der Waals surface area contributed by atoms with Crippen molar-refractivity contribution < 1.29 is 14.3 Å². The van der Waals surface area contributed by atoms with Gasteiger partial charge >= 0.3 is 5.97 Å². The number of hydrogen-bond donors (Lipinski definition) is 1. The van der Waals surface area contributed by atoms with Crippen molar-refractivity contribution in [2.45, 2.75) is 25.8 Å². The Morgan fingerprint density at radius 2 is 1.83 bits per heavy atom. The first-order valence-corrected chi connectivity index (χ1v) is 8.19. The van der Waals surface area contributed by atoms with E-state index in [1.807, 2.05) is 19.1 Å². The van der Waals surface area contributed by atoms with E-state index in [0.717, 1.165) is 22.3 Å². The fourth-order valence-electron chi connectivity index (χ4n) is 2.42. The van der Waals surface area contributed by atoms with E-state index in [-0.39, 0.29) is 12.0 Å². The summed E-state index contributed by atoms with van der Waals surface area (Å²) >= 11 is 0. The standard InChI is InChI=1S/C20H25NO3/c1-15(21)18-4-3-5-19(14-18)17-9-6-16(7-10-17)8-11-20(22)24-13-12-23-2/h3-7,9-10,14-15H,8,11-13,21H2,1-2H3/t15-/m1/s1. The summed E-state index contributed by atoms with van der Waals surface area (Å²) in [5, 5.41) is 0. The number of benzene rings is 2. The van der Waals surface area contributed by atoms with Gasteiger partial charge in [0.05, 0.1) is 6.61 Å². The minimum atomic E-state index is -0.194. The number of rotatable bonds is 8. The second-order valence-corrected chi connectivity index (χ2v) is 5.82. The molecule has 0 unspecified atom stereocenters. The third-order valence-corrected chi connectivity index (χ3v) is 3.87. The summed E-state index contributed by atoms with van der Waals surface area (Å²) < 4.78 is 9.91. The number of carbonyl (C=O) groups excluding carboxylic acids is 1. The van der Waals surface area contributed by atoms with Crippen LogP contribution in [0.2, 0.25) is 0 Å². The van der Waals surface area contributed by atoms with Gasteiger partial charge in [0.2, 0.25) is 0 Å². The Morgan fingerprint density at radius 3 is 2.50 bits per heavy atom. The summed E-state index contributed by atoms with van der Waals surface area (Å²) in [6.07, 6.45) is 1.05. The molecule has 0 saturated heterocycles. The quantitative estimate of drug-likeness (QED) is 0.595. The third kappa shape index (κ3) is 5.48. The van der Waals surface area contributed by atoms with E-state index < -0.39 is 0 Å². The monoisotopic (exact) mass is 327 g/mol. The Hall–Kier alpha value is -2.17. The van der Waals surface area contributed by atoms with Crippen LogP contribution in [-0.4, -0.2) is 26.3 Å². The number of ether oxygens (including phenoxy) is 2. The molecule has 128 valence electrons. The van der Waals surface area contributed by atoms with Crippen molar-refractivity contribution in [1.82, 2.24) is 0 Å². The van der Waals surface area contributed by atoms with E-state index in [1.54, 1.807) is 7.11 Å². The highest BCUT2D eigenvalue weighted by molar-refractivity contribution is 5.70. The van der Waals surface area contributed by atoms with Gasteiger partial charge in [-0.3, -0.25) is 4.79 Å². The van der Waals surface area contributed by atoms with Crippen LogP contribution in [0.1, 0.15) is 30.5 Å². The number of carbonyl (C=O) groups is 1. The number of esters is 1. The first kappa shape index (κ1) is 18.2. The molecule has 0 aliphatic carbocycles.